The summed E-state index contributed by atoms with van der Waals surface area (Å²) in [5.41, 5.74) is 16.4. The van der Waals surface area contributed by atoms with Gasteiger partial charge in [0.25, 0.3) is 0 Å². The summed E-state index contributed by atoms with van der Waals surface area (Å²) in [5, 5.41) is 3.28. The van der Waals surface area contributed by atoms with Crippen LogP contribution in [-0.2, 0) is 20.7 Å². The van der Waals surface area contributed by atoms with Crippen molar-refractivity contribution in [2.24, 2.45) is 0 Å². The molecule has 71 heavy (non-hydrogen) atoms. The standard InChI is InChI=1S/C63H45N3O3SSe/c1-62(2)47-16-6-10-20-53(47)64(54-21-11-7-17-48(54)62)39-26-30-51-45(36-39)46-37-40(65-55-22-12-8-18-49(55)63(3,4)50-19-9-13-23-56(50)65)27-31-52(46)66(51)60-41(29-32-59-44(60)33-34-71-59)38-25-28-43-58(35-38)70(68,69)57-24-14-5-15-42(57)61(43)67/h5-37H,1-4H3. The molecule has 0 amide bonds. The zero-order valence-electron chi connectivity index (χ0n) is 39.4. The summed E-state index contributed by atoms with van der Waals surface area (Å²) in [5.74, 6) is -0.282. The van der Waals surface area contributed by atoms with Gasteiger partial charge >= 0.3 is 369 Å². The molecule has 0 fully saturated rings. The van der Waals surface area contributed by atoms with E-state index in [-0.39, 0.29) is 52.0 Å². The van der Waals surface area contributed by atoms with Crippen LogP contribution in [0.15, 0.2) is 209 Å². The van der Waals surface area contributed by atoms with E-state index in [4.69, 9.17) is 0 Å². The van der Waals surface area contributed by atoms with Crippen LogP contribution in [0, 0.1) is 0 Å². The quantitative estimate of drug-likeness (QED) is 0.164. The molecule has 0 atom stereocenters. The molecule has 342 valence electrons. The molecule has 0 aliphatic carbocycles. The molecular formula is C63H45N3O3SSe. The fourth-order valence-corrected chi connectivity index (χ4v) is 15.5. The van der Waals surface area contributed by atoms with E-state index in [2.05, 4.69) is 199 Å². The molecule has 0 radical (unpaired) electrons. The number of nitrogens with zero attached hydrogens (tertiary/aromatic N) is 3. The molecule has 14 rings (SSSR count). The summed E-state index contributed by atoms with van der Waals surface area (Å²) in [4.78, 5) is 21.1. The molecule has 6 nitrogen and oxygen atoms in total. The maximum absolute atomic E-state index is 14.4. The SMILES string of the molecule is CC1(C)c2ccccc2N(c2ccc3c(c2)c2cc(N4c5ccccc5C(C)(C)c5ccccc54)ccc2n3-c2c(-c3ccc4c(c3)S(=O)(=O)c3ccccc3C4=O)ccc3[se]ccc23)c2ccccc21. The molecular weight excluding hydrogens is 958 g/mol. The van der Waals surface area contributed by atoms with Gasteiger partial charge in [0, 0.05) is 0 Å². The van der Waals surface area contributed by atoms with Gasteiger partial charge < -0.3 is 0 Å². The molecule has 0 bridgehead atoms. The van der Waals surface area contributed by atoms with Gasteiger partial charge in [0.1, 0.15) is 0 Å². The summed E-state index contributed by atoms with van der Waals surface area (Å²) >= 11 is 0.114. The number of carbonyl (C=O) groups is 1. The first-order valence-electron chi connectivity index (χ1n) is 24.0. The van der Waals surface area contributed by atoms with Gasteiger partial charge in [-0.2, -0.15) is 0 Å². The molecule has 11 aromatic rings. The Hall–Kier alpha value is -7.74. The Morgan fingerprint density at radius 2 is 0.901 bits per heavy atom. The number of para-hydroxylation sites is 4. The second kappa shape index (κ2) is 14.9. The van der Waals surface area contributed by atoms with Crippen molar-refractivity contribution in [3.63, 3.8) is 0 Å². The summed E-state index contributed by atoms with van der Waals surface area (Å²) < 4.78 is 32.5. The predicted molar refractivity (Wildman–Crippen MR) is 290 cm³/mol. The monoisotopic (exact) mass is 1000 g/mol. The number of sulfone groups is 1. The Balaban J connectivity index is 1.05. The number of ketones is 1. The molecule has 0 saturated carbocycles. The van der Waals surface area contributed by atoms with Crippen LogP contribution in [0.2, 0.25) is 0 Å². The number of anilines is 6. The van der Waals surface area contributed by atoms with Gasteiger partial charge in [0.2, 0.25) is 0 Å². The Morgan fingerprint density at radius 1 is 0.437 bits per heavy atom. The van der Waals surface area contributed by atoms with Crippen LogP contribution >= 0.6 is 0 Å². The van der Waals surface area contributed by atoms with Gasteiger partial charge in [-0.3, -0.25) is 0 Å². The van der Waals surface area contributed by atoms with Gasteiger partial charge in [0.15, 0.2) is 0 Å². The Bertz CT molecular complexity index is 3990. The molecule has 9 aromatic carbocycles. The van der Waals surface area contributed by atoms with Crippen molar-refractivity contribution < 1.29 is 13.2 Å². The van der Waals surface area contributed by atoms with Gasteiger partial charge in [-0.1, -0.05) is 52.0 Å². The van der Waals surface area contributed by atoms with Crippen molar-refractivity contribution in [1.82, 2.24) is 4.57 Å². The van der Waals surface area contributed by atoms with Crippen molar-refractivity contribution >= 4 is 95.7 Å². The second-order valence-corrected chi connectivity index (χ2v) is 23.9. The first kappa shape index (κ1) is 42.2. The first-order valence-corrected chi connectivity index (χ1v) is 27.4. The van der Waals surface area contributed by atoms with Gasteiger partial charge in [-0.05, 0) is 0 Å². The molecule has 0 saturated heterocycles. The number of benzene rings is 9. The summed E-state index contributed by atoms with van der Waals surface area (Å²) in [6, 6.07) is 67.3. The molecule has 0 N–H and O–H groups in total. The van der Waals surface area contributed by atoms with Gasteiger partial charge in [-0.25, -0.2) is 0 Å². The first-order chi connectivity index (χ1) is 34.4. The van der Waals surface area contributed by atoms with Crippen molar-refractivity contribution in [3.8, 4) is 16.8 Å². The number of rotatable bonds is 4. The number of carbonyl (C=O) groups excluding carboxylic acids is 1. The van der Waals surface area contributed by atoms with Crippen LogP contribution in [0.5, 0.6) is 0 Å². The van der Waals surface area contributed by atoms with E-state index in [0.29, 0.717) is 0 Å². The van der Waals surface area contributed by atoms with Crippen LogP contribution < -0.4 is 9.80 Å². The molecule has 3 aliphatic rings. The van der Waals surface area contributed by atoms with Crippen LogP contribution in [0.3, 0.4) is 0 Å². The summed E-state index contributed by atoms with van der Waals surface area (Å²) in [6.45, 7) is 9.27. The zero-order chi connectivity index (χ0) is 48.1. The molecule has 2 aromatic heterocycles. The van der Waals surface area contributed by atoms with Crippen LogP contribution in [0.4, 0.5) is 34.1 Å². The van der Waals surface area contributed by atoms with E-state index >= 15 is 0 Å². The van der Waals surface area contributed by atoms with Crippen molar-refractivity contribution in [2.75, 3.05) is 9.80 Å². The fourth-order valence-electron chi connectivity index (χ4n) is 12.2. The van der Waals surface area contributed by atoms with E-state index in [1.54, 1.807) is 30.3 Å². The van der Waals surface area contributed by atoms with E-state index in [1.807, 2.05) is 6.07 Å². The van der Waals surface area contributed by atoms with Crippen molar-refractivity contribution in [2.45, 2.75) is 48.3 Å². The molecule has 3 aliphatic heterocycles. The third-order valence-electron chi connectivity index (χ3n) is 15.6. The van der Waals surface area contributed by atoms with Crippen molar-refractivity contribution in [3.05, 3.63) is 232 Å². The van der Waals surface area contributed by atoms with Crippen LogP contribution in [0.25, 0.3) is 48.3 Å². The zero-order valence-corrected chi connectivity index (χ0v) is 42.0. The number of hydrogen-bond donors (Lipinski definition) is 0. The molecule has 0 unspecified atom stereocenters. The van der Waals surface area contributed by atoms with E-state index in [0.717, 1.165) is 78.1 Å². The van der Waals surface area contributed by atoms with E-state index in [9.17, 15) is 13.2 Å². The van der Waals surface area contributed by atoms with Gasteiger partial charge in [-0.15, -0.1) is 0 Å². The summed E-state index contributed by atoms with van der Waals surface area (Å²) in [7, 11) is -3.99. The van der Waals surface area contributed by atoms with Crippen LogP contribution in [-0.4, -0.2) is 33.3 Å². The Morgan fingerprint density at radius 3 is 1.44 bits per heavy atom. The fraction of sp³-hybridized carbons (Fsp3) is 0.0952. The van der Waals surface area contributed by atoms with E-state index in [1.165, 1.54) is 32.6 Å². The normalized spacial score (nSPS) is 15.7. The molecule has 0 spiro atoms. The predicted octanol–water partition coefficient (Wildman–Crippen LogP) is 15.3. The number of aromatic nitrogens is 1. The Labute approximate surface area is 418 Å². The molecule has 5 heterocycles. The van der Waals surface area contributed by atoms with Crippen LogP contribution in [0.1, 0.15) is 65.9 Å². The third kappa shape index (κ3) is 5.81. The second-order valence-electron chi connectivity index (χ2n) is 20.1. The number of hydrogen-bond acceptors (Lipinski definition) is 5. The minimum atomic E-state index is -3.99. The maximum atomic E-state index is 14.4. The molecule has 8 heteroatoms. The number of fused-ring (bicyclic) bond motifs is 10. The third-order valence-corrected chi connectivity index (χ3v) is 19.3. The van der Waals surface area contributed by atoms with Gasteiger partial charge in [0.05, 0.1) is 0 Å². The summed E-state index contributed by atoms with van der Waals surface area (Å²) in [6.07, 6.45) is 0. The minimum absolute atomic E-state index is 0.0389. The van der Waals surface area contributed by atoms with E-state index < -0.39 is 9.84 Å². The Kier molecular flexibility index (Phi) is 8.84. The average molecular weight is 1000 g/mol. The topological polar surface area (TPSA) is 62.6 Å². The van der Waals surface area contributed by atoms with Crippen molar-refractivity contribution in [1.29, 1.82) is 0 Å². The average Bonchev–Trinajstić information content (AvgIpc) is 4.01.